The lowest BCUT2D eigenvalue weighted by molar-refractivity contribution is 0.790. The molecule has 0 unspecified atom stereocenters. The van der Waals surface area contributed by atoms with E-state index in [4.69, 9.17) is 0 Å². The highest BCUT2D eigenvalue weighted by molar-refractivity contribution is 5.82. The number of aromatic nitrogens is 4. The molecule has 6 nitrogen and oxygen atoms in total. The van der Waals surface area contributed by atoms with Crippen molar-refractivity contribution in [1.82, 2.24) is 20.2 Å². The number of anilines is 1. The summed E-state index contributed by atoms with van der Waals surface area (Å²) in [6.07, 6.45) is 4.36. The SMILES string of the molecule is C(=N\c1nnnn1-c1ccccc1)/c1ccc(N2CCCC2)cc1. The second-order valence-electron chi connectivity index (χ2n) is 5.77. The first-order chi connectivity index (χ1) is 11.9. The van der Waals surface area contributed by atoms with E-state index in [1.807, 2.05) is 30.3 Å². The van der Waals surface area contributed by atoms with Crippen molar-refractivity contribution in [3.8, 4) is 5.69 Å². The third-order valence-electron chi connectivity index (χ3n) is 4.15. The van der Waals surface area contributed by atoms with Crippen LogP contribution >= 0.6 is 0 Å². The van der Waals surface area contributed by atoms with E-state index >= 15 is 0 Å². The third kappa shape index (κ3) is 3.03. The number of benzene rings is 2. The number of tetrazole rings is 1. The van der Waals surface area contributed by atoms with E-state index in [1.54, 1.807) is 10.9 Å². The Morgan fingerprint density at radius 2 is 1.62 bits per heavy atom. The summed E-state index contributed by atoms with van der Waals surface area (Å²) in [5, 5.41) is 11.7. The molecule has 0 bridgehead atoms. The van der Waals surface area contributed by atoms with Gasteiger partial charge in [-0.2, -0.15) is 4.68 Å². The predicted octanol–water partition coefficient (Wildman–Crippen LogP) is 3.01. The highest BCUT2D eigenvalue weighted by Gasteiger charge is 2.11. The maximum absolute atomic E-state index is 4.43. The van der Waals surface area contributed by atoms with Crippen LogP contribution in [0, 0.1) is 0 Å². The Hall–Kier alpha value is -3.02. The van der Waals surface area contributed by atoms with Crippen molar-refractivity contribution < 1.29 is 0 Å². The van der Waals surface area contributed by atoms with Crippen molar-refractivity contribution in [1.29, 1.82) is 0 Å². The van der Waals surface area contributed by atoms with Crippen LogP contribution in [0.25, 0.3) is 5.69 Å². The number of hydrogen-bond donors (Lipinski definition) is 0. The molecular formula is C18H18N6. The first-order valence-electron chi connectivity index (χ1n) is 8.13. The van der Waals surface area contributed by atoms with Gasteiger partial charge in [0, 0.05) is 25.0 Å². The molecule has 0 aliphatic carbocycles. The summed E-state index contributed by atoms with van der Waals surface area (Å²) < 4.78 is 1.62. The minimum absolute atomic E-state index is 0.463. The maximum Gasteiger partial charge on any atom is 0.273 e. The fourth-order valence-corrected chi connectivity index (χ4v) is 2.88. The Bertz CT molecular complexity index is 816. The van der Waals surface area contributed by atoms with Gasteiger partial charge in [0.25, 0.3) is 5.95 Å². The molecule has 24 heavy (non-hydrogen) atoms. The normalized spacial score (nSPS) is 14.6. The van der Waals surface area contributed by atoms with Gasteiger partial charge in [0.2, 0.25) is 0 Å². The number of aliphatic imine (C=N–C) groups is 1. The molecule has 0 N–H and O–H groups in total. The average molecular weight is 318 g/mol. The zero-order valence-electron chi connectivity index (χ0n) is 13.3. The molecule has 1 fully saturated rings. The van der Waals surface area contributed by atoms with Gasteiger partial charge in [0.05, 0.1) is 5.69 Å². The highest BCUT2D eigenvalue weighted by atomic mass is 15.6. The van der Waals surface area contributed by atoms with Gasteiger partial charge >= 0.3 is 0 Å². The van der Waals surface area contributed by atoms with Crippen LogP contribution in [0.3, 0.4) is 0 Å². The Morgan fingerprint density at radius 1 is 0.875 bits per heavy atom. The van der Waals surface area contributed by atoms with E-state index in [9.17, 15) is 0 Å². The van der Waals surface area contributed by atoms with Gasteiger partial charge in [-0.15, -0.1) is 0 Å². The monoisotopic (exact) mass is 318 g/mol. The van der Waals surface area contributed by atoms with Gasteiger partial charge in [-0.05, 0) is 53.1 Å². The van der Waals surface area contributed by atoms with Gasteiger partial charge in [-0.1, -0.05) is 35.4 Å². The van der Waals surface area contributed by atoms with Crippen molar-refractivity contribution in [3.63, 3.8) is 0 Å². The van der Waals surface area contributed by atoms with Gasteiger partial charge in [-0.3, -0.25) is 0 Å². The van der Waals surface area contributed by atoms with E-state index in [2.05, 4.69) is 49.7 Å². The van der Waals surface area contributed by atoms with Gasteiger partial charge < -0.3 is 4.90 Å². The summed E-state index contributed by atoms with van der Waals surface area (Å²) in [6, 6.07) is 18.2. The molecule has 0 radical (unpaired) electrons. The van der Waals surface area contributed by atoms with Gasteiger partial charge in [-0.25, -0.2) is 4.99 Å². The lowest BCUT2D eigenvalue weighted by Crippen LogP contribution is -2.17. The Kier molecular flexibility index (Phi) is 4.02. The zero-order valence-corrected chi connectivity index (χ0v) is 13.3. The van der Waals surface area contributed by atoms with E-state index in [0.29, 0.717) is 5.95 Å². The zero-order chi connectivity index (χ0) is 16.2. The molecule has 0 saturated carbocycles. The fourth-order valence-electron chi connectivity index (χ4n) is 2.88. The number of rotatable bonds is 4. The molecule has 3 aromatic rings. The lowest BCUT2D eigenvalue weighted by Gasteiger charge is -2.17. The molecule has 0 amide bonds. The second kappa shape index (κ2) is 6.62. The second-order valence-corrected chi connectivity index (χ2v) is 5.77. The molecular weight excluding hydrogens is 300 g/mol. The molecule has 1 aliphatic heterocycles. The average Bonchev–Trinajstić information content (AvgIpc) is 3.33. The van der Waals surface area contributed by atoms with E-state index in [0.717, 1.165) is 24.3 Å². The van der Waals surface area contributed by atoms with Crippen LogP contribution < -0.4 is 4.90 Å². The topological polar surface area (TPSA) is 59.2 Å². The van der Waals surface area contributed by atoms with E-state index in [-0.39, 0.29) is 0 Å². The summed E-state index contributed by atoms with van der Waals surface area (Å²) in [7, 11) is 0. The van der Waals surface area contributed by atoms with E-state index < -0.39 is 0 Å². The molecule has 0 atom stereocenters. The molecule has 4 rings (SSSR count). The van der Waals surface area contributed by atoms with Crippen molar-refractivity contribution >= 4 is 17.9 Å². The molecule has 2 heterocycles. The predicted molar refractivity (Wildman–Crippen MR) is 94.3 cm³/mol. The minimum Gasteiger partial charge on any atom is -0.372 e. The van der Waals surface area contributed by atoms with Crippen molar-refractivity contribution in [2.45, 2.75) is 12.8 Å². The van der Waals surface area contributed by atoms with E-state index in [1.165, 1.54) is 18.5 Å². The van der Waals surface area contributed by atoms with Gasteiger partial charge in [0.15, 0.2) is 0 Å². The van der Waals surface area contributed by atoms with Crippen LogP contribution in [0.5, 0.6) is 0 Å². The standard InChI is InChI=1S/C18H18N6/c1-2-6-17(7-3-1)24-18(20-21-22-24)19-14-15-8-10-16(11-9-15)23-12-4-5-13-23/h1-3,6-11,14H,4-5,12-13H2/b19-14+. The van der Waals surface area contributed by atoms with Crippen LogP contribution in [-0.2, 0) is 0 Å². The van der Waals surface area contributed by atoms with Crippen LogP contribution in [0.2, 0.25) is 0 Å². The molecule has 1 saturated heterocycles. The highest BCUT2D eigenvalue weighted by Crippen LogP contribution is 2.20. The third-order valence-corrected chi connectivity index (χ3v) is 4.15. The summed E-state index contributed by atoms with van der Waals surface area (Å²) in [6.45, 7) is 2.30. The van der Waals surface area contributed by atoms with Crippen molar-refractivity contribution in [2.24, 2.45) is 4.99 Å². The van der Waals surface area contributed by atoms with Crippen LogP contribution in [0.1, 0.15) is 18.4 Å². The number of para-hydroxylation sites is 1. The quantitative estimate of drug-likeness (QED) is 0.694. The lowest BCUT2D eigenvalue weighted by atomic mass is 10.2. The van der Waals surface area contributed by atoms with Crippen molar-refractivity contribution in [2.75, 3.05) is 18.0 Å². The summed E-state index contributed by atoms with van der Waals surface area (Å²) >= 11 is 0. The first kappa shape index (κ1) is 14.6. The van der Waals surface area contributed by atoms with Crippen LogP contribution in [0.15, 0.2) is 59.6 Å². The minimum atomic E-state index is 0.463. The summed E-state index contributed by atoms with van der Waals surface area (Å²) in [5.74, 6) is 0.463. The Labute approximate surface area is 140 Å². The smallest absolute Gasteiger partial charge is 0.273 e. The summed E-state index contributed by atoms with van der Waals surface area (Å²) in [4.78, 5) is 6.84. The molecule has 1 aromatic heterocycles. The molecule has 0 spiro atoms. The van der Waals surface area contributed by atoms with Crippen molar-refractivity contribution in [3.05, 3.63) is 60.2 Å². The molecule has 2 aromatic carbocycles. The maximum atomic E-state index is 4.43. The number of nitrogens with zero attached hydrogens (tertiary/aromatic N) is 6. The molecule has 120 valence electrons. The number of hydrogen-bond acceptors (Lipinski definition) is 5. The fraction of sp³-hybridized carbons (Fsp3) is 0.222. The van der Waals surface area contributed by atoms with Crippen LogP contribution in [-0.4, -0.2) is 39.5 Å². The summed E-state index contributed by atoms with van der Waals surface area (Å²) in [5.41, 5.74) is 3.19. The Morgan fingerprint density at radius 3 is 2.38 bits per heavy atom. The molecule has 1 aliphatic rings. The van der Waals surface area contributed by atoms with Crippen LogP contribution in [0.4, 0.5) is 11.6 Å². The van der Waals surface area contributed by atoms with Gasteiger partial charge in [0.1, 0.15) is 0 Å². The largest absolute Gasteiger partial charge is 0.372 e. The first-order valence-corrected chi connectivity index (χ1v) is 8.13. The Balaban J connectivity index is 1.52. The molecule has 6 heteroatoms.